The summed E-state index contributed by atoms with van der Waals surface area (Å²) in [6, 6.07) is 12.6. The van der Waals surface area contributed by atoms with Crippen molar-refractivity contribution in [3.8, 4) is 10.4 Å². The molecule has 72 valence electrons. The molecule has 2 heterocycles. The van der Waals surface area contributed by atoms with Crippen LogP contribution in [-0.4, -0.2) is 4.98 Å². The fourth-order valence-electron chi connectivity index (χ4n) is 1.77. The van der Waals surface area contributed by atoms with E-state index in [1.165, 1.54) is 21.2 Å². The van der Waals surface area contributed by atoms with E-state index in [-0.39, 0.29) is 0 Å². The minimum Gasteiger partial charge on any atom is -0.264 e. The lowest BCUT2D eigenvalue weighted by molar-refractivity contribution is 1.36. The van der Waals surface area contributed by atoms with E-state index < -0.39 is 0 Å². The molecule has 0 aliphatic carbocycles. The molecule has 0 radical (unpaired) electrons. The van der Waals surface area contributed by atoms with E-state index in [4.69, 9.17) is 0 Å². The minimum atomic E-state index is 1.20. The molecule has 15 heavy (non-hydrogen) atoms. The summed E-state index contributed by atoms with van der Waals surface area (Å²) in [5.74, 6) is 0. The zero-order chi connectivity index (χ0) is 10.1. The van der Waals surface area contributed by atoms with Gasteiger partial charge < -0.3 is 0 Å². The van der Waals surface area contributed by atoms with Crippen LogP contribution in [0.1, 0.15) is 0 Å². The van der Waals surface area contributed by atoms with Gasteiger partial charge in [0.05, 0.1) is 0 Å². The number of hydrogen-bond donors (Lipinski definition) is 0. The van der Waals surface area contributed by atoms with Crippen LogP contribution in [0.15, 0.2) is 54.2 Å². The molecule has 0 N–H and O–H groups in total. The molecule has 2 aromatic heterocycles. The van der Waals surface area contributed by atoms with Crippen molar-refractivity contribution in [1.29, 1.82) is 0 Å². The molecule has 0 saturated heterocycles. The molecule has 1 nitrogen and oxygen atoms in total. The molecular weight excluding hydrogens is 202 g/mol. The summed E-state index contributed by atoms with van der Waals surface area (Å²) in [4.78, 5) is 5.45. The zero-order valence-electron chi connectivity index (χ0n) is 8.05. The Morgan fingerprint density at radius 1 is 1.00 bits per heavy atom. The van der Waals surface area contributed by atoms with Gasteiger partial charge in [0.1, 0.15) is 0 Å². The Bertz CT molecular complexity index is 579. The first kappa shape index (κ1) is 8.62. The van der Waals surface area contributed by atoms with Crippen molar-refractivity contribution in [2.24, 2.45) is 0 Å². The van der Waals surface area contributed by atoms with Crippen LogP contribution < -0.4 is 0 Å². The normalized spacial score (nSPS) is 10.7. The van der Waals surface area contributed by atoms with Crippen molar-refractivity contribution in [1.82, 2.24) is 4.98 Å². The molecule has 0 fully saturated rings. The number of pyridine rings is 1. The SMILES string of the molecule is c1csc(-c2cccc3cnccc23)c1. The second-order valence-electron chi connectivity index (χ2n) is 3.38. The van der Waals surface area contributed by atoms with Gasteiger partial charge in [-0.15, -0.1) is 11.3 Å². The molecule has 0 unspecified atom stereocenters. The molecular formula is C13H9NS. The Hall–Kier alpha value is -1.67. The molecule has 0 aliphatic rings. The summed E-state index contributed by atoms with van der Waals surface area (Å²) < 4.78 is 0. The molecule has 0 amide bonds. The standard InChI is InChI=1S/C13H9NS/c1-3-10-9-14-7-6-11(10)12(4-1)13-5-2-8-15-13/h1-9H. The van der Waals surface area contributed by atoms with Crippen molar-refractivity contribution in [2.75, 3.05) is 0 Å². The number of aromatic nitrogens is 1. The fraction of sp³-hybridized carbons (Fsp3) is 0. The monoisotopic (exact) mass is 211 g/mol. The van der Waals surface area contributed by atoms with Crippen LogP contribution in [0.5, 0.6) is 0 Å². The van der Waals surface area contributed by atoms with E-state index >= 15 is 0 Å². The highest BCUT2D eigenvalue weighted by atomic mass is 32.1. The fourth-order valence-corrected chi connectivity index (χ4v) is 2.54. The maximum atomic E-state index is 4.14. The molecule has 3 rings (SSSR count). The number of nitrogens with zero attached hydrogens (tertiary/aromatic N) is 1. The molecule has 2 heteroatoms. The van der Waals surface area contributed by atoms with E-state index in [0.29, 0.717) is 0 Å². The average molecular weight is 211 g/mol. The summed E-state index contributed by atoms with van der Waals surface area (Å²) in [6.07, 6.45) is 3.76. The molecule has 1 aromatic carbocycles. The summed E-state index contributed by atoms with van der Waals surface area (Å²) in [5.41, 5.74) is 1.30. The molecule has 3 aromatic rings. The lowest BCUT2D eigenvalue weighted by Crippen LogP contribution is -1.78. The van der Waals surface area contributed by atoms with Crippen molar-refractivity contribution in [2.45, 2.75) is 0 Å². The first-order valence-electron chi connectivity index (χ1n) is 4.82. The van der Waals surface area contributed by atoms with Gasteiger partial charge in [-0.3, -0.25) is 4.98 Å². The van der Waals surface area contributed by atoms with Crippen molar-refractivity contribution in [3.05, 3.63) is 54.2 Å². The number of hydrogen-bond acceptors (Lipinski definition) is 2. The summed E-state index contributed by atoms with van der Waals surface area (Å²) in [6.45, 7) is 0. The third-order valence-corrected chi connectivity index (χ3v) is 3.37. The Kier molecular flexibility index (Phi) is 2.00. The highest BCUT2D eigenvalue weighted by Crippen LogP contribution is 2.30. The second kappa shape index (κ2) is 3.48. The van der Waals surface area contributed by atoms with Crippen molar-refractivity contribution < 1.29 is 0 Å². The topological polar surface area (TPSA) is 12.9 Å². The first-order valence-corrected chi connectivity index (χ1v) is 5.70. The predicted molar refractivity (Wildman–Crippen MR) is 65.1 cm³/mol. The quantitative estimate of drug-likeness (QED) is 0.593. The van der Waals surface area contributed by atoms with Gasteiger partial charge in [-0.05, 0) is 28.5 Å². The van der Waals surface area contributed by atoms with Crippen LogP contribution in [0.4, 0.5) is 0 Å². The minimum absolute atomic E-state index is 1.20. The van der Waals surface area contributed by atoms with Crippen LogP contribution >= 0.6 is 11.3 Å². The lowest BCUT2D eigenvalue weighted by Gasteiger charge is -2.03. The molecule has 0 spiro atoms. The van der Waals surface area contributed by atoms with Gasteiger partial charge >= 0.3 is 0 Å². The third-order valence-electron chi connectivity index (χ3n) is 2.47. The lowest BCUT2D eigenvalue weighted by atomic mass is 10.1. The highest BCUT2D eigenvalue weighted by molar-refractivity contribution is 7.13. The van der Waals surface area contributed by atoms with E-state index in [0.717, 1.165) is 0 Å². The Labute approximate surface area is 92.0 Å². The van der Waals surface area contributed by atoms with E-state index in [1.54, 1.807) is 11.3 Å². The predicted octanol–water partition coefficient (Wildman–Crippen LogP) is 3.96. The largest absolute Gasteiger partial charge is 0.264 e. The Morgan fingerprint density at radius 2 is 2.00 bits per heavy atom. The van der Waals surface area contributed by atoms with Gasteiger partial charge in [-0.25, -0.2) is 0 Å². The maximum Gasteiger partial charge on any atom is 0.0348 e. The Morgan fingerprint density at radius 3 is 2.87 bits per heavy atom. The zero-order valence-corrected chi connectivity index (χ0v) is 8.87. The van der Waals surface area contributed by atoms with Crippen LogP contribution in [-0.2, 0) is 0 Å². The number of benzene rings is 1. The van der Waals surface area contributed by atoms with Crippen molar-refractivity contribution in [3.63, 3.8) is 0 Å². The van der Waals surface area contributed by atoms with Crippen LogP contribution in [0.2, 0.25) is 0 Å². The van der Waals surface area contributed by atoms with E-state index in [1.807, 2.05) is 12.4 Å². The third kappa shape index (κ3) is 1.43. The number of fused-ring (bicyclic) bond motifs is 1. The van der Waals surface area contributed by atoms with Gasteiger partial charge in [0.2, 0.25) is 0 Å². The van der Waals surface area contributed by atoms with Gasteiger partial charge in [0, 0.05) is 22.7 Å². The highest BCUT2D eigenvalue weighted by Gasteiger charge is 2.03. The number of rotatable bonds is 1. The van der Waals surface area contributed by atoms with Crippen LogP contribution in [0.3, 0.4) is 0 Å². The maximum absolute atomic E-state index is 4.14. The Balaban J connectivity index is 2.36. The van der Waals surface area contributed by atoms with Crippen LogP contribution in [0.25, 0.3) is 21.2 Å². The summed E-state index contributed by atoms with van der Waals surface area (Å²) >= 11 is 1.77. The molecule has 0 saturated carbocycles. The van der Waals surface area contributed by atoms with Gasteiger partial charge in [0.15, 0.2) is 0 Å². The summed E-state index contributed by atoms with van der Waals surface area (Å²) in [7, 11) is 0. The number of thiophene rings is 1. The van der Waals surface area contributed by atoms with Gasteiger partial charge in [-0.2, -0.15) is 0 Å². The molecule has 0 atom stereocenters. The average Bonchev–Trinajstić information content (AvgIpc) is 2.82. The van der Waals surface area contributed by atoms with Gasteiger partial charge in [-0.1, -0.05) is 24.3 Å². The van der Waals surface area contributed by atoms with Crippen molar-refractivity contribution >= 4 is 22.1 Å². The van der Waals surface area contributed by atoms with E-state index in [2.05, 4.69) is 46.8 Å². The van der Waals surface area contributed by atoms with Gasteiger partial charge in [0.25, 0.3) is 0 Å². The van der Waals surface area contributed by atoms with Crippen LogP contribution in [0, 0.1) is 0 Å². The summed E-state index contributed by atoms with van der Waals surface area (Å²) in [5, 5.41) is 4.58. The first-order chi connectivity index (χ1) is 7.45. The van der Waals surface area contributed by atoms with E-state index in [9.17, 15) is 0 Å². The molecule has 0 bridgehead atoms. The smallest absolute Gasteiger partial charge is 0.0348 e. The second-order valence-corrected chi connectivity index (χ2v) is 4.33. The molecule has 0 aliphatic heterocycles.